The van der Waals surface area contributed by atoms with Crippen LogP contribution in [0.5, 0.6) is 0 Å². The third kappa shape index (κ3) is 5.17. The van der Waals surface area contributed by atoms with Crippen LogP contribution in [0.3, 0.4) is 0 Å². The SMILES string of the molecule is CCC(Sc1cc(-c2ccccc2)nc(C)n1)C(=O)Nc1ccc(C)cc1. The van der Waals surface area contributed by atoms with Crippen LogP contribution in [0.4, 0.5) is 5.69 Å². The monoisotopic (exact) mass is 377 g/mol. The number of aryl methyl sites for hydroxylation is 2. The van der Waals surface area contributed by atoms with E-state index in [2.05, 4.69) is 15.3 Å². The number of anilines is 1. The third-order valence-electron chi connectivity index (χ3n) is 4.13. The Balaban J connectivity index is 1.76. The summed E-state index contributed by atoms with van der Waals surface area (Å²) in [7, 11) is 0. The lowest BCUT2D eigenvalue weighted by Gasteiger charge is -2.15. The van der Waals surface area contributed by atoms with Crippen molar-refractivity contribution in [3.8, 4) is 11.3 Å². The third-order valence-corrected chi connectivity index (χ3v) is 5.41. The minimum atomic E-state index is -0.218. The number of aromatic nitrogens is 2. The molecule has 0 aliphatic carbocycles. The first-order chi connectivity index (χ1) is 13.0. The van der Waals surface area contributed by atoms with E-state index >= 15 is 0 Å². The van der Waals surface area contributed by atoms with Crippen LogP contribution in [0.1, 0.15) is 24.7 Å². The number of rotatable bonds is 6. The second-order valence-corrected chi connectivity index (χ2v) is 7.60. The summed E-state index contributed by atoms with van der Waals surface area (Å²) in [4.78, 5) is 21.8. The number of carbonyl (C=O) groups is 1. The number of nitrogens with zero attached hydrogens (tertiary/aromatic N) is 2. The van der Waals surface area contributed by atoms with Gasteiger partial charge in [0.1, 0.15) is 10.9 Å². The fraction of sp³-hybridized carbons (Fsp3) is 0.227. The minimum Gasteiger partial charge on any atom is -0.325 e. The Morgan fingerprint density at radius 3 is 2.41 bits per heavy atom. The lowest BCUT2D eigenvalue weighted by Crippen LogP contribution is -2.24. The normalized spacial score (nSPS) is 11.8. The molecule has 1 amide bonds. The van der Waals surface area contributed by atoms with Crippen LogP contribution in [-0.4, -0.2) is 21.1 Å². The second kappa shape index (κ2) is 8.82. The molecule has 3 aromatic rings. The molecule has 1 aromatic heterocycles. The van der Waals surface area contributed by atoms with Crippen molar-refractivity contribution in [2.75, 3.05) is 5.32 Å². The summed E-state index contributed by atoms with van der Waals surface area (Å²) in [5, 5.41) is 3.59. The number of thioether (sulfide) groups is 1. The molecule has 138 valence electrons. The van der Waals surface area contributed by atoms with Crippen LogP contribution in [0.15, 0.2) is 65.7 Å². The Labute approximate surface area is 164 Å². The molecule has 1 atom stereocenters. The maximum absolute atomic E-state index is 12.7. The Bertz CT molecular complexity index is 911. The molecule has 0 saturated carbocycles. The van der Waals surface area contributed by atoms with Crippen molar-refractivity contribution in [1.82, 2.24) is 9.97 Å². The van der Waals surface area contributed by atoms with Crippen molar-refractivity contribution in [2.45, 2.75) is 37.5 Å². The highest BCUT2D eigenvalue weighted by Crippen LogP contribution is 2.28. The smallest absolute Gasteiger partial charge is 0.237 e. The van der Waals surface area contributed by atoms with Crippen molar-refractivity contribution in [1.29, 1.82) is 0 Å². The van der Waals surface area contributed by atoms with Crippen LogP contribution in [0.2, 0.25) is 0 Å². The molecule has 1 unspecified atom stereocenters. The molecule has 5 heteroatoms. The van der Waals surface area contributed by atoms with Crippen molar-refractivity contribution >= 4 is 23.4 Å². The fourth-order valence-corrected chi connectivity index (χ4v) is 3.67. The number of hydrogen-bond donors (Lipinski definition) is 1. The van der Waals surface area contributed by atoms with E-state index < -0.39 is 0 Å². The first kappa shape index (κ1) is 19.1. The molecular formula is C22H23N3OS. The lowest BCUT2D eigenvalue weighted by atomic mass is 10.1. The molecule has 0 spiro atoms. The van der Waals surface area contributed by atoms with Gasteiger partial charge in [0.2, 0.25) is 5.91 Å². The van der Waals surface area contributed by atoms with Crippen molar-refractivity contribution < 1.29 is 4.79 Å². The van der Waals surface area contributed by atoms with E-state index in [-0.39, 0.29) is 11.2 Å². The maximum Gasteiger partial charge on any atom is 0.237 e. The van der Waals surface area contributed by atoms with Gasteiger partial charge >= 0.3 is 0 Å². The highest BCUT2D eigenvalue weighted by atomic mass is 32.2. The van der Waals surface area contributed by atoms with Gasteiger partial charge in [0, 0.05) is 11.3 Å². The topological polar surface area (TPSA) is 54.9 Å². The van der Waals surface area contributed by atoms with Crippen LogP contribution in [-0.2, 0) is 4.79 Å². The van der Waals surface area contributed by atoms with Gasteiger partial charge in [-0.15, -0.1) is 0 Å². The number of hydrogen-bond acceptors (Lipinski definition) is 4. The number of benzene rings is 2. The van der Waals surface area contributed by atoms with E-state index in [0.29, 0.717) is 12.2 Å². The lowest BCUT2D eigenvalue weighted by molar-refractivity contribution is -0.115. The predicted molar refractivity (Wildman–Crippen MR) is 112 cm³/mol. The van der Waals surface area contributed by atoms with Gasteiger partial charge in [-0.1, -0.05) is 66.7 Å². The first-order valence-corrected chi connectivity index (χ1v) is 9.88. The summed E-state index contributed by atoms with van der Waals surface area (Å²) in [5.41, 5.74) is 3.90. The molecule has 27 heavy (non-hydrogen) atoms. The Morgan fingerprint density at radius 2 is 1.74 bits per heavy atom. The van der Waals surface area contributed by atoms with Crippen molar-refractivity contribution in [2.24, 2.45) is 0 Å². The summed E-state index contributed by atoms with van der Waals surface area (Å²) in [6, 6.07) is 19.8. The number of carbonyl (C=O) groups excluding carboxylic acids is 1. The Kier molecular flexibility index (Phi) is 6.24. The van der Waals surface area contributed by atoms with E-state index in [1.54, 1.807) is 0 Å². The minimum absolute atomic E-state index is 0.0103. The van der Waals surface area contributed by atoms with Crippen LogP contribution < -0.4 is 5.32 Å². The Hall–Kier alpha value is -2.66. The largest absolute Gasteiger partial charge is 0.325 e. The van der Waals surface area contributed by atoms with Gasteiger partial charge in [0.15, 0.2) is 0 Å². The highest BCUT2D eigenvalue weighted by molar-refractivity contribution is 8.00. The zero-order valence-corrected chi connectivity index (χ0v) is 16.6. The van der Waals surface area contributed by atoms with Gasteiger partial charge in [0.25, 0.3) is 0 Å². The maximum atomic E-state index is 12.7. The molecule has 0 aliphatic rings. The molecule has 0 aliphatic heterocycles. The first-order valence-electron chi connectivity index (χ1n) is 9.00. The van der Waals surface area contributed by atoms with Gasteiger partial charge in [0.05, 0.1) is 10.9 Å². The molecular weight excluding hydrogens is 354 g/mol. The highest BCUT2D eigenvalue weighted by Gasteiger charge is 2.19. The molecule has 0 radical (unpaired) electrons. The summed E-state index contributed by atoms with van der Waals surface area (Å²) in [5.74, 6) is 0.691. The molecule has 0 saturated heterocycles. The zero-order chi connectivity index (χ0) is 19.2. The second-order valence-electron chi connectivity index (χ2n) is 6.37. The van der Waals surface area contributed by atoms with Crippen molar-refractivity contribution in [3.63, 3.8) is 0 Å². The number of nitrogens with one attached hydrogen (secondary N) is 1. The standard InChI is InChI=1S/C22H23N3OS/c1-4-20(22(26)25-18-12-10-15(2)11-13-18)27-21-14-19(23-16(3)24-21)17-8-6-5-7-9-17/h5-14,20H,4H2,1-3H3,(H,25,26). The molecule has 0 fully saturated rings. The van der Waals surface area contributed by atoms with Gasteiger partial charge in [-0.05, 0) is 38.5 Å². The van der Waals surface area contributed by atoms with Crippen molar-refractivity contribution in [3.05, 3.63) is 72.1 Å². The molecule has 3 rings (SSSR count). The summed E-state index contributed by atoms with van der Waals surface area (Å²) < 4.78 is 0. The molecule has 4 nitrogen and oxygen atoms in total. The van der Waals surface area contributed by atoms with E-state index in [9.17, 15) is 4.79 Å². The van der Waals surface area contributed by atoms with E-state index in [0.717, 1.165) is 22.0 Å². The van der Waals surface area contributed by atoms with E-state index in [4.69, 9.17) is 0 Å². The van der Waals surface area contributed by atoms with Gasteiger partial charge in [-0.3, -0.25) is 4.79 Å². The summed E-state index contributed by atoms with van der Waals surface area (Å²) in [6.45, 7) is 5.92. The molecule has 1 N–H and O–H groups in total. The summed E-state index contributed by atoms with van der Waals surface area (Å²) >= 11 is 1.48. The summed E-state index contributed by atoms with van der Waals surface area (Å²) in [6.07, 6.45) is 0.714. The van der Waals surface area contributed by atoms with Gasteiger partial charge in [-0.25, -0.2) is 9.97 Å². The van der Waals surface area contributed by atoms with Crippen LogP contribution in [0.25, 0.3) is 11.3 Å². The van der Waals surface area contributed by atoms with Crippen LogP contribution in [0, 0.1) is 13.8 Å². The Morgan fingerprint density at radius 1 is 1.04 bits per heavy atom. The molecule has 2 aromatic carbocycles. The molecule has 1 heterocycles. The quantitative estimate of drug-likeness (QED) is 0.470. The predicted octanol–water partition coefficient (Wildman–Crippen LogP) is 5.27. The fourth-order valence-electron chi connectivity index (χ4n) is 2.69. The van der Waals surface area contributed by atoms with E-state index in [1.165, 1.54) is 17.3 Å². The average molecular weight is 378 g/mol. The van der Waals surface area contributed by atoms with E-state index in [1.807, 2.05) is 81.4 Å². The van der Waals surface area contributed by atoms with Crippen LogP contribution >= 0.6 is 11.8 Å². The number of amides is 1. The average Bonchev–Trinajstić information content (AvgIpc) is 2.68. The zero-order valence-electron chi connectivity index (χ0n) is 15.8. The molecule has 0 bridgehead atoms. The van der Waals surface area contributed by atoms with Gasteiger partial charge in [-0.2, -0.15) is 0 Å². The van der Waals surface area contributed by atoms with Gasteiger partial charge < -0.3 is 5.32 Å².